The largest absolute Gasteiger partial charge is 0.281 e. The van der Waals surface area contributed by atoms with Crippen LogP contribution in [0.25, 0.3) is 0 Å². The highest BCUT2D eigenvalue weighted by Crippen LogP contribution is 2.37. The molecule has 0 aliphatic carbocycles. The second kappa shape index (κ2) is 4.82. The van der Waals surface area contributed by atoms with Crippen LogP contribution in [0.1, 0.15) is 18.1 Å². The number of carbonyl (C=O) groups excluding carboxylic acids is 1. The highest BCUT2D eigenvalue weighted by atomic mass is 79.9. The van der Waals surface area contributed by atoms with Crippen molar-refractivity contribution in [3.8, 4) is 0 Å². The Morgan fingerprint density at radius 2 is 1.74 bits per heavy atom. The lowest BCUT2D eigenvalue weighted by Gasteiger charge is -2.23. The third-order valence-corrected chi connectivity index (χ3v) is 3.99. The van der Waals surface area contributed by atoms with Crippen molar-refractivity contribution < 1.29 is 4.79 Å². The molecule has 2 aromatic carbocycles. The minimum Gasteiger partial charge on any atom is -0.281 e. The molecular formula is C16H14BrNO. The lowest BCUT2D eigenvalue weighted by atomic mass is 10.0. The van der Waals surface area contributed by atoms with Crippen LogP contribution in [-0.4, -0.2) is 5.91 Å². The van der Waals surface area contributed by atoms with Crippen LogP contribution in [-0.2, 0) is 17.6 Å². The van der Waals surface area contributed by atoms with Gasteiger partial charge in [0, 0.05) is 11.4 Å². The van der Waals surface area contributed by atoms with Gasteiger partial charge in [-0.25, -0.2) is 0 Å². The van der Waals surface area contributed by atoms with Crippen molar-refractivity contribution in [2.45, 2.75) is 19.8 Å². The number of amides is 1. The number of fused-ring (bicyclic) bond motifs is 2. The van der Waals surface area contributed by atoms with Crippen molar-refractivity contribution in [2.24, 2.45) is 0 Å². The summed E-state index contributed by atoms with van der Waals surface area (Å²) in [7, 11) is 0. The molecule has 0 unspecified atom stereocenters. The van der Waals surface area contributed by atoms with Gasteiger partial charge in [0.05, 0.1) is 11.4 Å². The van der Waals surface area contributed by atoms with E-state index in [2.05, 4.69) is 28.1 Å². The van der Waals surface area contributed by atoms with Crippen LogP contribution in [0.5, 0.6) is 0 Å². The highest BCUT2D eigenvalue weighted by Gasteiger charge is 2.23. The number of benzene rings is 2. The van der Waals surface area contributed by atoms with Gasteiger partial charge in [-0.05, 0) is 42.2 Å². The minimum absolute atomic E-state index is 0.0497. The van der Waals surface area contributed by atoms with Crippen LogP contribution in [0.2, 0.25) is 0 Å². The third-order valence-electron chi connectivity index (χ3n) is 3.50. The maximum Gasteiger partial charge on any atom is 0.228 e. The predicted molar refractivity (Wildman–Crippen MR) is 80.8 cm³/mol. The van der Waals surface area contributed by atoms with E-state index in [1.807, 2.05) is 35.2 Å². The van der Waals surface area contributed by atoms with Gasteiger partial charge in [-0.1, -0.05) is 40.2 Å². The first kappa shape index (κ1) is 12.4. The summed E-state index contributed by atoms with van der Waals surface area (Å²) in [6.07, 6.45) is 1.93. The molecule has 19 heavy (non-hydrogen) atoms. The van der Waals surface area contributed by atoms with Crippen LogP contribution in [0, 0.1) is 0 Å². The molecule has 0 saturated heterocycles. The Balaban J connectivity index is 2.25. The molecule has 1 heterocycles. The van der Waals surface area contributed by atoms with E-state index in [1.165, 1.54) is 11.1 Å². The quantitative estimate of drug-likeness (QED) is 0.712. The number of hydrogen-bond acceptors (Lipinski definition) is 1. The number of rotatable bonds is 0. The minimum atomic E-state index is 0.0497. The van der Waals surface area contributed by atoms with Crippen LogP contribution in [0.3, 0.4) is 0 Å². The molecule has 2 aromatic rings. The zero-order chi connectivity index (χ0) is 13.4. The molecule has 0 atom stereocenters. The highest BCUT2D eigenvalue weighted by molar-refractivity contribution is 9.10. The molecular weight excluding hydrogens is 302 g/mol. The smallest absolute Gasteiger partial charge is 0.228 e. The van der Waals surface area contributed by atoms with E-state index in [1.54, 1.807) is 6.92 Å². The molecule has 0 bridgehead atoms. The summed E-state index contributed by atoms with van der Waals surface area (Å²) in [5.74, 6) is 0.0497. The summed E-state index contributed by atoms with van der Waals surface area (Å²) in [5, 5.41) is 0. The first-order chi connectivity index (χ1) is 9.16. The second-order valence-corrected chi connectivity index (χ2v) is 5.67. The molecule has 3 heteroatoms. The van der Waals surface area contributed by atoms with E-state index in [0.717, 1.165) is 28.7 Å². The average Bonchev–Trinajstić information content (AvgIpc) is 2.54. The number of hydrogen-bond donors (Lipinski definition) is 0. The fraction of sp³-hybridized carbons (Fsp3) is 0.188. The number of carbonyl (C=O) groups is 1. The molecule has 2 nitrogen and oxygen atoms in total. The molecule has 1 aliphatic rings. The van der Waals surface area contributed by atoms with E-state index in [9.17, 15) is 4.79 Å². The van der Waals surface area contributed by atoms with Gasteiger partial charge >= 0.3 is 0 Å². The predicted octanol–water partition coefficient (Wildman–Crippen LogP) is 4.23. The van der Waals surface area contributed by atoms with Crippen molar-refractivity contribution in [1.29, 1.82) is 0 Å². The zero-order valence-electron chi connectivity index (χ0n) is 10.7. The van der Waals surface area contributed by atoms with Gasteiger partial charge in [0.2, 0.25) is 5.91 Å². The average molecular weight is 316 g/mol. The summed E-state index contributed by atoms with van der Waals surface area (Å²) in [6.45, 7) is 1.62. The van der Waals surface area contributed by atoms with E-state index >= 15 is 0 Å². The molecule has 1 aliphatic heterocycles. The summed E-state index contributed by atoms with van der Waals surface area (Å²) in [6, 6.07) is 14.3. The zero-order valence-corrected chi connectivity index (χ0v) is 12.3. The van der Waals surface area contributed by atoms with Gasteiger partial charge in [0.15, 0.2) is 0 Å². The van der Waals surface area contributed by atoms with Crippen molar-refractivity contribution in [1.82, 2.24) is 0 Å². The Labute approximate surface area is 121 Å². The Bertz CT molecular complexity index is 651. The van der Waals surface area contributed by atoms with Crippen molar-refractivity contribution >= 4 is 33.2 Å². The molecule has 0 N–H and O–H groups in total. The van der Waals surface area contributed by atoms with Crippen molar-refractivity contribution in [3.63, 3.8) is 0 Å². The van der Waals surface area contributed by atoms with Crippen molar-refractivity contribution in [3.05, 3.63) is 58.1 Å². The molecule has 0 fully saturated rings. The van der Waals surface area contributed by atoms with E-state index in [-0.39, 0.29) is 5.91 Å². The van der Waals surface area contributed by atoms with Gasteiger partial charge in [-0.15, -0.1) is 0 Å². The Morgan fingerprint density at radius 3 is 2.47 bits per heavy atom. The summed E-state index contributed by atoms with van der Waals surface area (Å²) < 4.78 is 0.997. The van der Waals surface area contributed by atoms with E-state index < -0.39 is 0 Å². The lowest BCUT2D eigenvalue weighted by molar-refractivity contribution is -0.115. The Kier molecular flexibility index (Phi) is 3.15. The second-order valence-electron chi connectivity index (χ2n) is 4.76. The number of anilines is 2. The fourth-order valence-corrected chi connectivity index (χ4v) is 2.98. The first-order valence-corrected chi connectivity index (χ1v) is 7.13. The third kappa shape index (κ3) is 2.19. The number of halogens is 1. The van der Waals surface area contributed by atoms with Gasteiger partial charge in [-0.2, -0.15) is 0 Å². The maximum atomic E-state index is 12.1. The van der Waals surface area contributed by atoms with Gasteiger partial charge in [0.25, 0.3) is 0 Å². The molecule has 1 amide bonds. The fourth-order valence-electron chi connectivity index (χ4n) is 2.64. The maximum absolute atomic E-state index is 12.1. The van der Waals surface area contributed by atoms with Crippen LogP contribution in [0.4, 0.5) is 11.4 Å². The van der Waals surface area contributed by atoms with Crippen LogP contribution in [0.15, 0.2) is 46.9 Å². The Morgan fingerprint density at radius 1 is 1.05 bits per heavy atom. The molecule has 3 rings (SSSR count). The van der Waals surface area contributed by atoms with Crippen LogP contribution >= 0.6 is 15.9 Å². The topological polar surface area (TPSA) is 20.3 Å². The Hall–Kier alpha value is -1.61. The van der Waals surface area contributed by atoms with Gasteiger partial charge in [0.1, 0.15) is 0 Å². The van der Waals surface area contributed by atoms with Crippen molar-refractivity contribution in [2.75, 3.05) is 4.90 Å². The monoisotopic (exact) mass is 315 g/mol. The summed E-state index contributed by atoms with van der Waals surface area (Å²) >= 11 is 3.49. The first-order valence-electron chi connectivity index (χ1n) is 6.34. The lowest BCUT2D eigenvalue weighted by Crippen LogP contribution is -2.23. The standard InChI is InChI=1S/C16H14BrNO/c1-11(19)18-15-5-3-2-4-12(15)6-7-13-8-9-14(17)10-16(13)18/h2-5,8-10H,6-7H2,1H3. The van der Waals surface area contributed by atoms with E-state index in [0.29, 0.717) is 0 Å². The number of nitrogens with zero attached hydrogens (tertiary/aromatic N) is 1. The van der Waals surface area contributed by atoms with Crippen LogP contribution < -0.4 is 4.90 Å². The number of para-hydroxylation sites is 1. The van der Waals surface area contributed by atoms with Gasteiger partial charge < -0.3 is 0 Å². The molecule has 0 saturated carbocycles. The molecule has 0 radical (unpaired) electrons. The normalized spacial score (nSPS) is 13.5. The SMILES string of the molecule is CC(=O)N1c2ccccc2CCc2ccc(Br)cc21. The molecule has 0 aromatic heterocycles. The molecule has 96 valence electrons. The number of aryl methyl sites for hydroxylation is 2. The summed E-state index contributed by atoms with van der Waals surface area (Å²) in [5.41, 5.74) is 4.44. The van der Waals surface area contributed by atoms with E-state index in [4.69, 9.17) is 0 Å². The summed E-state index contributed by atoms with van der Waals surface area (Å²) in [4.78, 5) is 13.9. The van der Waals surface area contributed by atoms with Gasteiger partial charge in [-0.3, -0.25) is 9.69 Å². The molecule has 0 spiro atoms.